The fraction of sp³-hybridized carbons (Fsp3) is 0.429. The van der Waals surface area contributed by atoms with Crippen molar-refractivity contribution in [2.75, 3.05) is 11.9 Å². The predicted octanol–water partition coefficient (Wildman–Crippen LogP) is 4.09. The number of amides is 1. The Kier molecular flexibility index (Phi) is 10.4. The number of nitrogens with one attached hydrogen (secondary N) is 2. The first-order valence-electron chi connectivity index (χ1n) is 13.0. The minimum atomic E-state index is -3.68. The summed E-state index contributed by atoms with van der Waals surface area (Å²) in [6.07, 6.45) is 2.08. The van der Waals surface area contributed by atoms with Gasteiger partial charge in [0.2, 0.25) is 15.9 Å². The molecule has 1 unspecified atom stereocenters. The molecule has 11 heteroatoms. The molecule has 10 nitrogen and oxygen atoms in total. The molecule has 3 aromatic rings. The van der Waals surface area contributed by atoms with Crippen molar-refractivity contribution in [2.24, 2.45) is 11.8 Å². The van der Waals surface area contributed by atoms with Gasteiger partial charge in [-0.3, -0.25) is 9.59 Å². The monoisotopic (exact) mass is 555 g/mol. The largest absolute Gasteiger partial charge is 0.465 e. The van der Waals surface area contributed by atoms with Gasteiger partial charge >= 0.3 is 5.97 Å². The van der Waals surface area contributed by atoms with Crippen molar-refractivity contribution >= 4 is 27.6 Å². The first kappa shape index (κ1) is 30.0. The van der Waals surface area contributed by atoms with Crippen LogP contribution in [0.4, 0.5) is 5.69 Å². The number of sulfonamides is 1. The molecule has 210 valence electrons. The minimum Gasteiger partial charge on any atom is -0.465 e. The molecule has 0 aliphatic rings. The quantitative estimate of drug-likeness (QED) is 0.240. The van der Waals surface area contributed by atoms with Gasteiger partial charge in [0.15, 0.2) is 0 Å². The van der Waals surface area contributed by atoms with E-state index in [1.807, 2.05) is 38.1 Å². The number of rotatable bonds is 13. The van der Waals surface area contributed by atoms with E-state index in [9.17, 15) is 18.0 Å². The SMILES string of the molecule is CCOC(=O)C(CC(C)C)C(=O)Nc1ccc(Cn2cc(CNS(=O)(=O)c3ccc(C(C)C)cc3)nn2)cc1. The van der Waals surface area contributed by atoms with E-state index >= 15 is 0 Å². The number of hydrogen-bond acceptors (Lipinski definition) is 7. The average Bonchev–Trinajstić information content (AvgIpc) is 3.34. The number of carbonyl (C=O) groups excluding carboxylic acids is 2. The summed E-state index contributed by atoms with van der Waals surface area (Å²) in [5.74, 6) is -1.30. The van der Waals surface area contributed by atoms with E-state index in [4.69, 9.17) is 4.74 Å². The molecule has 3 rings (SSSR count). The van der Waals surface area contributed by atoms with Crippen LogP contribution >= 0.6 is 0 Å². The maximum Gasteiger partial charge on any atom is 0.318 e. The van der Waals surface area contributed by atoms with Gasteiger partial charge in [-0.2, -0.15) is 0 Å². The van der Waals surface area contributed by atoms with Gasteiger partial charge in [0.25, 0.3) is 0 Å². The lowest BCUT2D eigenvalue weighted by molar-refractivity contribution is -0.151. The van der Waals surface area contributed by atoms with Crippen LogP contribution in [0, 0.1) is 11.8 Å². The first-order valence-corrected chi connectivity index (χ1v) is 14.5. The van der Waals surface area contributed by atoms with Gasteiger partial charge in [0, 0.05) is 5.69 Å². The van der Waals surface area contributed by atoms with Gasteiger partial charge in [0.05, 0.1) is 36.5 Å². The van der Waals surface area contributed by atoms with E-state index in [1.165, 1.54) is 0 Å². The Labute approximate surface area is 230 Å². The van der Waals surface area contributed by atoms with Crippen LogP contribution < -0.4 is 10.0 Å². The highest BCUT2D eigenvalue weighted by atomic mass is 32.2. The van der Waals surface area contributed by atoms with Crippen LogP contribution in [0.15, 0.2) is 59.6 Å². The second kappa shape index (κ2) is 13.5. The lowest BCUT2D eigenvalue weighted by atomic mass is 9.96. The Morgan fingerprint density at radius 3 is 2.26 bits per heavy atom. The van der Waals surface area contributed by atoms with Crippen molar-refractivity contribution in [3.63, 3.8) is 0 Å². The van der Waals surface area contributed by atoms with Crippen molar-refractivity contribution in [3.8, 4) is 0 Å². The number of esters is 1. The van der Waals surface area contributed by atoms with E-state index < -0.39 is 27.8 Å². The number of benzene rings is 2. The summed E-state index contributed by atoms with van der Waals surface area (Å²) in [7, 11) is -3.68. The lowest BCUT2D eigenvalue weighted by Crippen LogP contribution is -2.32. The molecular weight excluding hydrogens is 518 g/mol. The molecule has 39 heavy (non-hydrogen) atoms. The number of aromatic nitrogens is 3. The highest BCUT2D eigenvalue weighted by Gasteiger charge is 2.29. The summed E-state index contributed by atoms with van der Waals surface area (Å²) in [5.41, 5.74) is 3.02. The van der Waals surface area contributed by atoms with Crippen LogP contribution in [0.2, 0.25) is 0 Å². The third-order valence-corrected chi connectivity index (χ3v) is 7.46. The number of hydrogen-bond donors (Lipinski definition) is 2. The summed E-state index contributed by atoms with van der Waals surface area (Å²) in [4.78, 5) is 25.2. The second-order valence-corrected chi connectivity index (χ2v) is 11.8. The van der Waals surface area contributed by atoms with E-state index in [0.29, 0.717) is 30.3 Å². The van der Waals surface area contributed by atoms with Gasteiger partial charge in [-0.05, 0) is 60.6 Å². The zero-order chi connectivity index (χ0) is 28.6. The molecule has 1 aromatic heterocycles. The van der Waals surface area contributed by atoms with Crippen LogP contribution in [-0.2, 0) is 37.4 Å². The first-order chi connectivity index (χ1) is 18.5. The van der Waals surface area contributed by atoms with E-state index in [1.54, 1.807) is 42.1 Å². The summed E-state index contributed by atoms with van der Waals surface area (Å²) in [6, 6.07) is 14.0. The number of anilines is 1. The predicted molar refractivity (Wildman–Crippen MR) is 148 cm³/mol. The van der Waals surface area contributed by atoms with Gasteiger partial charge in [-0.25, -0.2) is 17.8 Å². The van der Waals surface area contributed by atoms with Crippen LogP contribution in [0.5, 0.6) is 0 Å². The summed E-state index contributed by atoms with van der Waals surface area (Å²) in [5, 5.41) is 10.9. The fourth-order valence-corrected chi connectivity index (χ4v) is 4.91. The number of nitrogens with zero attached hydrogens (tertiary/aromatic N) is 3. The van der Waals surface area contributed by atoms with Gasteiger partial charge in [0.1, 0.15) is 5.92 Å². The number of carbonyl (C=O) groups is 2. The maximum absolute atomic E-state index is 12.7. The Bertz CT molecular complexity index is 1350. The summed E-state index contributed by atoms with van der Waals surface area (Å²) in [6.45, 7) is 10.3. The molecule has 0 aliphatic carbocycles. The molecule has 0 aliphatic heterocycles. The molecular formula is C28H37N5O5S. The summed E-state index contributed by atoms with van der Waals surface area (Å²) >= 11 is 0. The molecule has 0 saturated heterocycles. The van der Waals surface area contributed by atoms with Gasteiger partial charge < -0.3 is 10.1 Å². The van der Waals surface area contributed by atoms with Gasteiger partial charge in [-0.15, -0.1) is 5.10 Å². The molecule has 0 saturated carbocycles. The van der Waals surface area contributed by atoms with Crippen molar-refractivity contribution < 1.29 is 22.7 Å². The van der Waals surface area contributed by atoms with E-state index in [-0.39, 0.29) is 24.0 Å². The third kappa shape index (κ3) is 8.72. The fourth-order valence-electron chi connectivity index (χ4n) is 3.92. The molecule has 1 heterocycles. The van der Waals surface area contributed by atoms with Crippen molar-refractivity contribution in [2.45, 2.75) is 64.9 Å². The molecule has 0 radical (unpaired) electrons. The number of ether oxygens (including phenoxy) is 1. The van der Waals surface area contributed by atoms with Crippen molar-refractivity contribution in [1.29, 1.82) is 0 Å². The van der Waals surface area contributed by atoms with Crippen LogP contribution in [0.1, 0.15) is 63.8 Å². The minimum absolute atomic E-state index is 0.0112. The molecule has 1 atom stereocenters. The second-order valence-electron chi connectivity index (χ2n) is 10.1. The highest BCUT2D eigenvalue weighted by molar-refractivity contribution is 7.89. The average molecular weight is 556 g/mol. The Morgan fingerprint density at radius 1 is 1.00 bits per heavy atom. The Balaban J connectivity index is 1.56. The Morgan fingerprint density at radius 2 is 1.67 bits per heavy atom. The van der Waals surface area contributed by atoms with Crippen molar-refractivity contribution in [3.05, 3.63) is 71.5 Å². The van der Waals surface area contributed by atoms with Crippen LogP contribution in [0.25, 0.3) is 0 Å². The van der Waals surface area contributed by atoms with Crippen LogP contribution in [0.3, 0.4) is 0 Å². The molecule has 0 fully saturated rings. The summed E-state index contributed by atoms with van der Waals surface area (Å²) < 4.78 is 34.5. The van der Waals surface area contributed by atoms with Gasteiger partial charge in [-0.1, -0.05) is 57.2 Å². The van der Waals surface area contributed by atoms with Crippen molar-refractivity contribution in [1.82, 2.24) is 19.7 Å². The lowest BCUT2D eigenvalue weighted by Gasteiger charge is -2.17. The zero-order valence-corrected chi connectivity index (χ0v) is 23.9. The molecule has 0 spiro atoms. The molecule has 1 amide bonds. The topological polar surface area (TPSA) is 132 Å². The van der Waals surface area contributed by atoms with Crippen LogP contribution in [-0.4, -0.2) is 41.9 Å². The normalized spacial score (nSPS) is 12.5. The zero-order valence-electron chi connectivity index (χ0n) is 23.0. The third-order valence-electron chi connectivity index (χ3n) is 6.05. The molecule has 2 aromatic carbocycles. The van der Waals surface area contributed by atoms with E-state index in [2.05, 4.69) is 34.2 Å². The smallest absolute Gasteiger partial charge is 0.318 e. The maximum atomic E-state index is 12.7. The van der Waals surface area contributed by atoms with E-state index in [0.717, 1.165) is 11.1 Å². The Hall–Kier alpha value is -3.57. The molecule has 0 bridgehead atoms. The highest BCUT2D eigenvalue weighted by Crippen LogP contribution is 2.19. The molecule has 2 N–H and O–H groups in total. The standard InChI is InChI=1S/C28H37N5O5S/c1-6-38-28(35)26(15-19(2)3)27(34)30-23-11-7-21(8-12-23)17-33-18-24(31-32-33)16-29-39(36,37)25-13-9-22(10-14-25)20(4)5/h7-14,18-20,26,29H,6,15-17H2,1-5H3,(H,30,34).